The Balaban J connectivity index is 1.38. The average Bonchev–Trinajstić information content (AvgIpc) is 3.31. The van der Waals surface area contributed by atoms with E-state index in [1.807, 2.05) is 30.5 Å². The highest BCUT2D eigenvalue weighted by atomic mass is 31.2. The lowest BCUT2D eigenvalue weighted by Crippen LogP contribution is -2.17. The van der Waals surface area contributed by atoms with Crippen molar-refractivity contribution in [3.8, 4) is 5.75 Å². The Morgan fingerprint density at radius 1 is 1.41 bits per heavy atom. The summed E-state index contributed by atoms with van der Waals surface area (Å²) in [5, 5.41) is 0. The van der Waals surface area contributed by atoms with Gasteiger partial charge < -0.3 is 25.3 Å². The molecule has 0 bridgehead atoms. The number of fused-ring (bicyclic) bond motifs is 1. The van der Waals surface area contributed by atoms with E-state index >= 15 is 0 Å². The minimum Gasteiger partial charge on any atom is -0.426 e. The van der Waals surface area contributed by atoms with Crippen molar-refractivity contribution >= 4 is 26.7 Å². The lowest BCUT2D eigenvalue weighted by Gasteiger charge is -2.24. The zero-order valence-electron chi connectivity index (χ0n) is 16.0. The number of aliphatic imine (C=N–C) groups is 1. The molecular weight excluding hydrogens is 395 g/mol. The van der Waals surface area contributed by atoms with Crippen LogP contribution < -0.4 is 16.0 Å². The van der Waals surface area contributed by atoms with Gasteiger partial charge in [-0.05, 0) is 31.4 Å². The van der Waals surface area contributed by atoms with Gasteiger partial charge in [0.05, 0.1) is 31.2 Å². The van der Waals surface area contributed by atoms with Crippen LogP contribution in [-0.2, 0) is 20.4 Å². The second kappa shape index (κ2) is 8.51. The van der Waals surface area contributed by atoms with Gasteiger partial charge in [-0.3, -0.25) is 13.8 Å². The van der Waals surface area contributed by atoms with Gasteiger partial charge in [0.15, 0.2) is 0 Å². The molecule has 1 saturated heterocycles. The van der Waals surface area contributed by atoms with Crippen LogP contribution in [0.15, 0.2) is 35.5 Å². The van der Waals surface area contributed by atoms with Crippen molar-refractivity contribution in [2.75, 3.05) is 6.61 Å². The minimum absolute atomic E-state index is 0.124. The van der Waals surface area contributed by atoms with E-state index in [0.717, 1.165) is 36.1 Å². The van der Waals surface area contributed by atoms with E-state index in [4.69, 9.17) is 29.8 Å². The van der Waals surface area contributed by atoms with Crippen LogP contribution in [0.5, 0.6) is 5.75 Å². The van der Waals surface area contributed by atoms with Crippen LogP contribution in [0.4, 0.5) is 5.82 Å². The van der Waals surface area contributed by atoms with Gasteiger partial charge >= 0.3 is 8.60 Å². The number of rotatable bonds is 6. The summed E-state index contributed by atoms with van der Waals surface area (Å²) in [4.78, 5) is 15.9. The van der Waals surface area contributed by atoms with Gasteiger partial charge in [-0.15, -0.1) is 0 Å². The maximum atomic E-state index is 11.8. The summed E-state index contributed by atoms with van der Waals surface area (Å²) in [6, 6.07) is 7.74. The SMILES string of the molecule is Cc1cn(C2CCC(COP3OCc4ccccc4O3)O2)c(/N=C\N)c1C(N)=O. The number of primary amides is 1. The van der Waals surface area contributed by atoms with Crippen LogP contribution in [0.3, 0.4) is 0 Å². The quantitative estimate of drug-likeness (QED) is 0.422. The molecule has 0 saturated carbocycles. The molecule has 3 heterocycles. The molecular formula is C19H23N4O5P. The number of hydrogen-bond donors (Lipinski definition) is 2. The van der Waals surface area contributed by atoms with Gasteiger partial charge in [0.2, 0.25) is 0 Å². The van der Waals surface area contributed by atoms with Gasteiger partial charge in [0.25, 0.3) is 5.91 Å². The van der Waals surface area contributed by atoms with E-state index in [9.17, 15) is 4.79 Å². The normalized spacial score (nSPS) is 23.8. The van der Waals surface area contributed by atoms with E-state index in [2.05, 4.69) is 4.99 Å². The number of hydrogen-bond acceptors (Lipinski definition) is 6. The van der Waals surface area contributed by atoms with E-state index in [0.29, 0.717) is 24.6 Å². The molecule has 0 spiro atoms. The second-order valence-electron chi connectivity index (χ2n) is 6.84. The van der Waals surface area contributed by atoms with Gasteiger partial charge in [0, 0.05) is 11.8 Å². The number of ether oxygens (including phenoxy) is 1. The summed E-state index contributed by atoms with van der Waals surface area (Å²) < 4.78 is 25.2. The number of aromatic nitrogens is 1. The maximum absolute atomic E-state index is 11.8. The average molecular weight is 418 g/mol. The molecule has 1 fully saturated rings. The highest BCUT2D eigenvalue weighted by molar-refractivity contribution is 7.42. The molecule has 10 heteroatoms. The molecule has 1 amide bonds. The molecule has 2 aromatic rings. The first kappa shape index (κ1) is 19.8. The van der Waals surface area contributed by atoms with E-state index in [1.165, 1.54) is 0 Å². The van der Waals surface area contributed by atoms with E-state index in [1.54, 1.807) is 11.5 Å². The van der Waals surface area contributed by atoms with Gasteiger partial charge in [-0.1, -0.05) is 18.2 Å². The van der Waals surface area contributed by atoms with Crippen LogP contribution in [0.25, 0.3) is 0 Å². The molecule has 1 aromatic heterocycles. The molecule has 2 aliphatic heterocycles. The van der Waals surface area contributed by atoms with Crippen molar-refractivity contribution in [3.05, 3.63) is 47.2 Å². The largest absolute Gasteiger partial charge is 0.426 e. The predicted molar refractivity (Wildman–Crippen MR) is 108 cm³/mol. The van der Waals surface area contributed by atoms with Crippen molar-refractivity contribution in [2.45, 2.75) is 38.7 Å². The molecule has 0 radical (unpaired) electrons. The lowest BCUT2D eigenvalue weighted by molar-refractivity contribution is -0.0197. The molecule has 4 N–H and O–H groups in total. The first-order chi connectivity index (χ1) is 14.1. The third-order valence-electron chi connectivity index (χ3n) is 4.87. The van der Waals surface area contributed by atoms with Gasteiger partial charge in [-0.25, -0.2) is 4.99 Å². The molecule has 29 heavy (non-hydrogen) atoms. The van der Waals surface area contributed by atoms with Crippen LogP contribution in [-0.4, -0.2) is 29.5 Å². The summed E-state index contributed by atoms with van der Waals surface area (Å²) in [6.45, 7) is 2.62. The van der Waals surface area contributed by atoms with E-state index in [-0.39, 0.29) is 12.3 Å². The van der Waals surface area contributed by atoms with Crippen molar-refractivity contribution in [1.82, 2.24) is 4.57 Å². The molecule has 1 aromatic carbocycles. The Morgan fingerprint density at radius 2 is 2.24 bits per heavy atom. The topological polar surface area (TPSA) is 123 Å². The zero-order chi connectivity index (χ0) is 20.4. The standard InChI is InChI=1S/C19H23N4O5P/c1-12-8-23(19(22-11-20)17(12)18(21)24)16-7-6-14(27-16)10-26-29-25-9-13-4-2-3-5-15(13)28-29/h2-5,8,11,14,16H,6-7,9-10H2,1H3,(H2,20,22)(H2,21,24). The molecule has 3 unspecified atom stereocenters. The molecule has 2 aliphatic rings. The fourth-order valence-corrected chi connectivity index (χ4v) is 4.58. The summed E-state index contributed by atoms with van der Waals surface area (Å²) in [5.74, 6) is 0.652. The number of para-hydroxylation sites is 1. The van der Waals surface area contributed by atoms with Crippen molar-refractivity contribution in [3.63, 3.8) is 0 Å². The number of amides is 1. The Kier molecular flexibility index (Phi) is 5.82. The van der Waals surface area contributed by atoms with Crippen LogP contribution in [0.2, 0.25) is 0 Å². The summed E-state index contributed by atoms with van der Waals surface area (Å²) in [5.41, 5.74) is 13.0. The Hall–Kier alpha value is -2.45. The first-order valence-electron chi connectivity index (χ1n) is 9.29. The maximum Gasteiger partial charge on any atom is 0.397 e. The number of nitrogens with two attached hydrogens (primary N) is 2. The fraction of sp³-hybridized carbons (Fsp3) is 0.368. The number of benzene rings is 1. The van der Waals surface area contributed by atoms with E-state index < -0.39 is 14.5 Å². The van der Waals surface area contributed by atoms with Gasteiger partial charge in [-0.2, -0.15) is 0 Å². The number of carbonyl (C=O) groups excluding carboxylic acids is 1. The molecule has 154 valence electrons. The highest BCUT2D eigenvalue weighted by Gasteiger charge is 2.32. The first-order valence-corrected chi connectivity index (χ1v) is 10.4. The summed E-state index contributed by atoms with van der Waals surface area (Å²) >= 11 is 0. The summed E-state index contributed by atoms with van der Waals surface area (Å²) in [7, 11) is -1.45. The number of aryl methyl sites for hydroxylation is 1. The van der Waals surface area contributed by atoms with Crippen molar-refractivity contribution in [2.24, 2.45) is 16.5 Å². The zero-order valence-corrected chi connectivity index (χ0v) is 16.9. The molecule has 4 rings (SSSR count). The third kappa shape index (κ3) is 4.13. The molecule has 3 atom stereocenters. The van der Waals surface area contributed by atoms with Crippen molar-refractivity contribution < 1.29 is 23.1 Å². The molecule has 0 aliphatic carbocycles. The Bertz CT molecular complexity index is 931. The smallest absolute Gasteiger partial charge is 0.397 e. The number of carbonyl (C=O) groups is 1. The highest BCUT2D eigenvalue weighted by Crippen LogP contribution is 2.47. The van der Waals surface area contributed by atoms with Crippen LogP contribution >= 0.6 is 8.60 Å². The molecule has 9 nitrogen and oxygen atoms in total. The fourth-order valence-electron chi connectivity index (χ4n) is 3.53. The minimum atomic E-state index is -1.45. The second-order valence-corrected chi connectivity index (χ2v) is 7.99. The Labute approximate surface area is 169 Å². The Morgan fingerprint density at radius 3 is 3.03 bits per heavy atom. The van der Waals surface area contributed by atoms with Crippen molar-refractivity contribution in [1.29, 1.82) is 0 Å². The van der Waals surface area contributed by atoms with Gasteiger partial charge in [0.1, 0.15) is 17.8 Å². The third-order valence-corrected chi connectivity index (χ3v) is 5.92. The van der Waals surface area contributed by atoms with Crippen LogP contribution in [0.1, 0.15) is 40.6 Å². The number of nitrogens with zero attached hydrogens (tertiary/aromatic N) is 2. The monoisotopic (exact) mass is 418 g/mol. The van der Waals surface area contributed by atoms with Crippen LogP contribution in [0, 0.1) is 6.92 Å². The predicted octanol–water partition coefficient (Wildman–Crippen LogP) is 3.04. The lowest BCUT2D eigenvalue weighted by atomic mass is 10.2. The summed E-state index contributed by atoms with van der Waals surface area (Å²) in [6.07, 6.45) is 4.09.